The van der Waals surface area contributed by atoms with Gasteiger partial charge in [-0.15, -0.1) is 0 Å². The smallest absolute Gasteiger partial charge is 0.135 e. The van der Waals surface area contributed by atoms with Crippen LogP contribution in [0.3, 0.4) is 0 Å². The number of hydrogen-bond donors (Lipinski definition) is 0. The maximum Gasteiger partial charge on any atom is 0.135 e. The summed E-state index contributed by atoms with van der Waals surface area (Å²) in [6, 6.07) is 2.32. The number of imidazole rings is 1. The normalized spacial score (nSPS) is 18.1. The summed E-state index contributed by atoms with van der Waals surface area (Å²) >= 11 is 0. The minimum atomic E-state index is 0. The zero-order valence-electron chi connectivity index (χ0n) is 17.0. The first kappa shape index (κ1) is 23.9. The Morgan fingerprint density at radius 2 is 1.68 bits per heavy atom. The molecule has 4 heteroatoms. The summed E-state index contributed by atoms with van der Waals surface area (Å²) in [5.74, 6) is 1.50. The summed E-state index contributed by atoms with van der Waals surface area (Å²) in [6.45, 7) is 14.0. The highest BCUT2D eigenvalue weighted by atomic mass is 16.6. The van der Waals surface area contributed by atoms with Gasteiger partial charge in [-0.1, -0.05) is 39.9 Å². The van der Waals surface area contributed by atoms with Gasteiger partial charge in [0.15, 0.2) is 0 Å². The molecule has 3 rings (SSSR count). The van der Waals surface area contributed by atoms with Crippen LogP contribution < -0.4 is 0 Å². The van der Waals surface area contributed by atoms with E-state index in [2.05, 4.69) is 68.5 Å². The van der Waals surface area contributed by atoms with Crippen molar-refractivity contribution in [1.29, 1.82) is 0 Å². The molecule has 0 amide bonds. The van der Waals surface area contributed by atoms with Gasteiger partial charge in [0.2, 0.25) is 0 Å². The van der Waals surface area contributed by atoms with Crippen molar-refractivity contribution >= 4 is 5.71 Å². The van der Waals surface area contributed by atoms with Crippen molar-refractivity contribution in [2.75, 3.05) is 0 Å². The molecule has 1 aliphatic rings. The van der Waals surface area contributed by atoms with E-state index in [9.17, 15) is 0 Å². The van der Waals surface area contributed by atoms with Gasteiger partial charge in [-0.3, -0.25) is 0 Å². The molecule has 156 valence electrons. The summed E-state index contributed by atoms with van der Waals surface area (Å²) < 4.78 is 2.21. The lowest BCUT2D eigenvalue weighted by Crippen LogP contribution is -2.24. The standard InChI is InChI=1S/C22H31N3O.2CH4/c1-7-18-21(24-26-22(18)8-2)12-19-14(3)11-15(4)20(16(19)5)13-25-10-9-23-17(25)6;;/h9-11,18,22H,7-8,12-13H2,1-6H3;2*1H4. The Bertz CT molecular complexity index is 819. The van der Waals surface area contributed by atoms with Crippen LogP contribution in [0.15, 0.2) is 23.6 Å². The number of nitrogens with zero attached hydrogens (tertiary/aromatic N) is 3. The highest BCUT2D eigenvalue weighted by Gasteiger charge is 2.31. The molecule has 0 N–H and O–H groups in total. The van der Waals surface area contributed by atoms with Crippen LogP contribution in [0.2, 0.25) is 0 Å². The van der Waals surface area contributed by atoms with E-state index in [4.69, 9.17) is 4.84 Å². The number of hydrogen-bond acceptors (Lipinski definition) is 3. The van der Waals surface area contributed by atoms with Gasteiger partial charge in [0, 0.05) is 31.3 Å². The molecule has 2 unspecified atom stereocenters. The molecule has 4 nitrogen and oxygen atoms in total. The lowest BCUT2D eigenvalue weighted by molar-refractivity contribution is 0.0583. The van der Waals surface area contributed by atoms with Crippen LogP contribution in [0.5, 0.6) is 0 Å². The van der Waals surface area contributed by atoms with E-state index in [0.717, 1.165) is 31.6 Å². The lowest BCUT2D eigenvalue weighted by atomic mass is 9.85. The van der Waals surface area contributed by atoms with Gasteiger partial charge in [-0.25, -0.2) is 4.98 Å². The van der Waals surface area contributed by atoms with E-state index in [1.54, 1.807) is 0 Å². The van der Waals surface area contributed by atoms with Crippen LogP contribution in [-0.2, 0) is 17.8 Å². The third-order valence-corrected chi connectivity index (χ3v) is 5.92. The molecule has 0 saturated carbocycles. The Hall–Kier alpha value is -2.10. The van der Waals surface area contributed by atoms with Crippen molar-refractivity contribution in [2.24, 2.45) is 11.1 Å². The largest absolute Gasteiger partial charge is 0.392 e. The third kappa shape index (κ3) is 4.48. The fraction of sp³-hybridized carbons (Fsp3) is 0.583. The molecule has 1 aromatic carbocycles. The predicted molar refractivity (Wildman–Crippen MR) is 120 cm³/mol. The maximum absolute atomic E-state index is 5.70. The van der Waals surface area contributed by atoms with E-state index in [0.29, 0.717) is 5.92 Å². The molecule has 0 fully saturated rings. The fourth-order valence-corrected chi connectivity index (χ4v) is 4.22. The van der Waals surface area contributed by atoms with E-state index in [1.807, 2.05) is 6.20 Å². The van der Waals surface area contributed by atoms with Crippen molar-refractivity contribution in [3.8, 4) is 0 Å². The summed E-state index contributed by atoms with van der Waals surface area (Å²) in [7, 11) is 0. The topological polar surface area (TPSA) is 39.4 Å². The van der Waals surface area contributed by atoms with Crippen molar-refractivity contribution in [1.82, 2.24) is 9.55 Å². The zero-order chi connectivity index (χ0) is 18.8. The van der Waals surface area contributed by atoms with Gasteiger partial charge in [0.1, 0.15) is 11.9 Å². The molecule has 1 aromatic heterocycles. The maximum atomic E-state index is 5.70. The number of aryl methyl sites for hydroxylation is 3. The molecule has 28 heavy (non-hydrogen) atoms. The van der Waals surface area contributed by atoms with Crippen molar-refractivity contribution in [3.05, 3.63) is 52.1 Å². The molecule has 0 bridgehead atoms. The SMILES string of the molecule is C.C.CCC1ON=C(Cc2c(C)cc(C)c(Cn3ccnc3C)c2C)C1CC. The fourth-order valence-electron chi connectivity index (χ4n) is 4.22. The Balaban J connectivity index is 0.00000196. The Kier molecular flexibility index (Phi) is 8.47. The molecule has 0 spiro atoms. The Morgan fingerprint density at radius 1 is 1.00 bits per heavy atom. The number of aromatic nitrogens is 2. The van der Waals surface area contributed by atoms with Crippen molar-refractivity contribution in [2.45, 2.75) is 88.3 Å². The van der Waals surface area contributed by atoms with Gasteiger partial charge in [-0.2, -0.15) is 0 Å². The number of oxime groups is 1. The second-order valence-corrected chi connectivity index (χ2v) is 7.52. The minimum absolute atomic E-state index is 0. The van der Waals surface area contributed by atoms with Gasteiger partial charge in [0.05, 0.1) is 5.71 Å². The van der Waals surface area contributed by atoms with Gasteiger partial charge in [-0.05, 0) is 68.4 Å². The first-order valence-corrected chi connectivity index (χ1v) is 9.75. The average Bonchev–Trinajstić information content (AvgIpc) is 3.20. The quantitative estimate of drug-likeness (QED) is 0.596. The molecule has 1 aliphatic heterocycles. The number of benzene rings is 1. The highest BCUT2D eigenvalue weighted by molar-refractivity contribution is 5.90. The second-order valence-electron chi connectivity index (χ2n) is 7.52. The van der Waals surface area contributed by atoms with Crippen LogP contribution in [0.25, 0.3) is 0 Å². The Labute approximate surface area is 172 Å². The highest BCUT2D eigenvalue weighted by Crippen LogP contribution is 2.30. The average molecular weight is 386 g/mol. The summed E-state index contributed by atoms with van der Waals surface area (Å²) in [5.41, 5.74) is 8.09. The minimum Gasteiger partial charge on any atom is -0.392 e. The third-order valence-electron chi connectivity index (χ3n) is 5.92. The molecular formula is C24H39N3O. The van der Waals surface area contributed by atoms with E-state index < -0.39 is 0 Å². The van der Waals surface area contributed by atoms with E-state index in [1.165, 1.54) is 33.5 Å². The zero-order valence-corrected chi connectivity index (χ0v) is 17.0. The first-order valence-electron chi connectivity index (χ1n) is 9.75. The van der Waals surface area contributed by atoms with E-state index in [-0.39, 0.29) is 21.0 Å². The van der Waals surface area contributed by atoms with Crippen LogP contribution in [0, 0.1) is 33.6 Å². The van der Waals surface area contributed by atoms with Crippen LogP contribution in [-0.4, -0.2) is 21.4 Å². The van der Waals surface area contributed by atoms with Crippen LogP contribution in [0.1, 0.15) is 75.2 Å². The molecule has 2 aromatic rings. The van der Waals surface area contributed by atoms with Crippen molar-refractivity contribution < 1.29 is 4.84 Å². The summed E-state index contributed by atoms with van der Waals surface area (Å²) in [5, 5.41) is 4.46. The molecule has 2 heterocycles. The molecule has 2 atom stereocenters. The van der Waals surface area contributed by atoms with Gasteiger partial charge >= 0.3 is 0 Å². The Morgan fingerprint density at radius 3 is 2.25 bits per heavy atom. The van der Waals surface area contributed by atoms with Gasteiger partial charge < -0.3 is 9.40 Å². The van der Waals surface area contributed by atoms with E-state index >= 15 is 0 Å². The van der Waals surface area contributed by atoms with Crippen molar-refractivity contribution in [3.63, 3.8) is 0 Å². The van der Waals surface area contributed by atoms with Gasteiger partial charge in [0.25, 0.3) is 0 Å². The molecular weight excluding hydrogens is 346 g/mol. The first-order chi connectivity index (χ1) is 12.5. The summed E-state index contributed by atoms with van der Waals surface area (Å²) in [6.07, 6.45) is 7.17. The monoisotopic (exact) mass is 385 g/mol. The lowest BCUT2D eigenvalue weighted by Gasteiger charge is -2.20. The molecule has 0 radical (unpaired) electrons. The van der Waals surface area contributed by atoms with Crippen LogP contribution in [0.4, 0.5) is 0 Å². The molecule has 0 aliphatic carbocycles. The molecule has 0 saturated heterocycles. The summed E-state index contributed by atoms with van der Waals surface area (Å²) in [4.78, 5) is 10.1. The number of rotatable bonds is 6. The predicted octanol–water partition coefficient (Wildman–Crippen LogP) is 6.17. The second kappa shape index (κ2) is 9.90. The van der Waals surface area contributed by atoms with Crippen LogP contribution >= 0.6 is 0 Å².